The van der Waals surface area contributed by atoms with Crippen LogP contribution in [0.1, 0.15) is 51.0 Å². The van der Waals surface area contributed by atoms with Gasteiger partial charge in [0.1, 0.15) is 29.7 Å². The van der Waals surface area contributed by atoms with Crippen molar-refractivity contribution >= 4 is 17.4 Å². The van der Waals surface area contributed by atoms with E-state index < -0.39 is 0 Å². The average Bonchev–Trinajstić information content (AvgIpc) is 3.43. The number of methoxy groups -OCH3 is 3. The van der Waals surface area contributed by atoms with Crippen LogP contribution in [0.15, 0.2) is 30.9 Å². The first kappa shape index (κ1) is 22.4. The molecule has 3 rings (SSSR count). The fraction of sp³-hybridized carbons (Fsp3) is 0.565. The van der Waals surface area contributed by atoms with E-state index >= 15 is 0 Å². The highest BCUT2D eigenvalue weighted by Crippen LogP contribution is 2.49. The van der Waals surface area contributed by atoms with E-state index in [0.29, 0.717) is 17.0 Å². The Balaban J connectivity index is 1.96. The van der Waals surface area contributed by atoms with Gasteiger partial charge >= 0.3 is 0 Å². The lowest BCUT2D eigenvalue weighted by Crippen LogP contribution is -2.29. The predicted molar refractivity (Wildman–Crippen MR) is 121 cm³/mol. The van der Waals surface area contributed by atoms with Crippen LogP contribution in [-0.2, 0) is 4.74 Å². The van der Waals surface area contributed by atoms with E-state index in [0.717, 1.165) is 48.5 Å². The summed E-state index contributed by atoms with van der Waals surface area (Å²) < 4.78 is 25.1. The lowest BCUT2D eigenvalue weighted by molar-refractivity contribution is 0.121. The van der Waals surface area contributed by atoms with Gasteiger partial charge in [0, 0.05) is 36.0 Å². The summed E-state index contributed by atoms with van der Waals surface area (Å²) in [5, 5.41) is 0.446. The molecule has 30 heavy (non-hydrogen) atoms. The minimum atomic E-state index is 0.0418. The zero-order chi connectivity index (χ0) is 21.7. The molecule has 1 fully saturated rings. The van der Waals surface area contributed by atoms with Gasteiger partial charge in [0.25, 0.3) is 5.17 Å². The van der Waals surface area contributed by atoms with Gasteiger partial charge in [-0.1, -0.05) is 13.8 Å². The molecule has 3 atom stereocenters. The number of aromatic nitrogens is 2. The van der Waals surface area contributed by atoms with Crippen molar-refractivity contribution in [2.45, 2.75) is 51.6 Å². The van der Waals surface area contributed by atoms with Crippen molar-refractivity contribution in [1.82, 2.24) is 9.55 Å². The van der Waals surface area contributed by atoms with E-state index in [2.05, 4.69) is 18.8 Å². The van der Waals surface area contributed by atoms with E-state index in [-0.39, 0.29) is 12.0 Å². The summed E-state index contributed by atoms with van der Waals surface area (Å²) in [6.07, 6.45) is 9.40. The van der Waals surface area contributed by atoms with Crippen LogP contribution in [-0.4, -0.2) is 42.2 Å². The molecule has 0 amide bonds. The maximum absolute atomic E-state index is 6.29. The highest BCUT2D eigenvalue weighted by molar-refractivity contribution is 7.80. The molecule has 1 unspecified atom stereocenters. The van der Waals surface area contributed by atoms with Crippen LogP contribution in [0, 0.1) is 11.8 Å². The van der Waals surface area contributed by atoms with Gasteiger partial charge in [-0.2, -0.15) is 0 Å². The molecule has 1 heterocycles. The maximum atomic E-state index is 6.29. The van der Waals surface area contributed by atoms with Gasteiger partial charge in [-0.3, -0.25) is 4.57 Å². The largest absolute Gasteiger partial charge is 0.496 e. The fourth-order valence-electron chi connectivity index (χ4n) is 4.53. The molecule has 0 N–H and O–H groups in total. The normalized spacial score (nSPS) is 19.5. The van der Waals surface area contributed by atoms with Crippen LogP contribution in [0.25, 0.3) is 0 Å². The third-order valence-electron chi connectivity index (χ3n) is 5.84. The molecule has 0 aliphatic heterocycles. The summed E-state index contributed by atoms with van der Waals surface area (Å²) >= 11 is 5.52. The van der Waals surface area contributed by atoms with Crippen LogP contribution in [0.2, 0.25) is 0 Å². The molecular weight excluding hydrogens is 400 g/mol. The van der Waals surface area contributed by atoms with Gasteiger partial charge in [0.2, 0.25) is 0 Å². The van der Waals surface area contributed by atoms with Crippen molar-refractivity contribution in [1.29, 1.82) is 0 Å². The van der Waals surface area contributed by atoms with Crippen molar-refractivity contribution in [3.8, 4) is 17.2 Å². The summed E-state index contributed by atoms with van der Waals surface area (Å²) in [7, 11) is 5.04. The molecule has 0 spiro atoms. The van der Waals surface area contributed by atoms with E-state index in [1.807, 2.05) is 18.3 Å². The molecule has 0 saturated heterocycles. The van der Waals surface area contributed by atoms with E-state index in [4.69, 9.17) is 31.2 Å². The number of hydrogen-bond acceptors (Lipinski definition) is 6. The zero-order valence-electron chi connectivity index (χ0n) is 18.5. The lowest BCUT2D eigenvalue weighted by Gasteiger charge is -2.32. The third-order valence-corrected chi connectivity index (χ3v) is 6.14. The molecule has 1 saturated carbocycles. The van der Waals surface area contributed by atoms with Crippen LogP contribution in [0.3, 0.4) is 0 Å². The first-order valence-corrected chi connectivity index (χ1v) is 10.9. The highest BCUT2D eigenvalue weighted by Gasteiger charge is 2.39. The number of rotatable bonds is 8. The molecular formula is C23H32N2O4S. The summed E-state index contributed by atoms with van der Waals surface area (Å²) in [5.74, 6) is 3.34. The SMILES string of the molecule is COc1cc(OC)c([C@H](CC(C)C)[C@@H]2CCCC2OC(=S)n2ccnc2)c(OC)c1. The van der Waals surface area contributed by atoms with Crippen molar-refractivity contribution in [3.63, 3.8) is 0 Å². The first-order chi connectivity index (χ1) is 14.5. The van der Waals surface area contributed by atoms with Gasteiger partial charge in [0.15, 0.2) is 0 Å². The minimum absolute atomic E-state index is 0.0418. The Hall–Kier alpha value is -2.28. The van der Waals surface area contributed by atoms with E-state index in [1.165, 1.54) is 0 Å². The second kappa shape index (κ2) is 10.2. The van der Waals surface area contributed by atoms with Crippen LogP contribution in [0.4, 0.5) is 0 Å². The number of thiocarbonyl (C=S) groups is 1. The molecule has 1 aliphatic carbocycles. The van der Waals surface area contributed by atoms with Crippen molar-refractivity contribution in [2.75, 3.05) is 21.3 Å². The summed E-state index contributed by atoms with van der Waals surface area (Å²) in [6.45, 7) is 4.49. The Bertz CT molecular complexity index is 813. The van der Waals surface area contributed by atoms with Crippen LogP contribution in [0.5, 0.6) is 17.2 Å². The Morgan fingerprint density at radius 3 is 2.37 bits per heavy atom. The fourth-order valence-corrected chi connectivity index (χ4v) is 4.76. The topological polar surface area (TPSA) is 54.7 Å². The molecule has 2 aromatic rings. The first-order valence-electron chi connectivity index (χ1n) is 10.5. The molecule has 1 aromatic carbocycles. The number of benzene rings is 1. The van der Waals surface area contributed by atoms with Crippen molar-refractivity contribution in [3.05, 3.63) is 36.4 Å². The van der Waals surface area contributed by atoms with E-state index in [1.54, 1.807) is 38.4 Å². The smallest absolute Gasteiger partial charge is 0.269 e. The van der Waals surface area contributed by atoms with Gasteiger partial charge in [-0.05, 0) is 49.7 Å². The summed E-state index contributed by atoms with van der Waals surface area (Å²) in [4.78, 5) is 4.07. The predicted octanol–water partition coefficient (Wildman–Crippen LogP) is 5.06. The molecule has 1 aromatic heterocycles. The van der Waals surface area contributed by atoms with Crippen LogP contribution < -0.4 is 14.2 Å². The second-order valence-corrected chi connectivity index (χ2v) is 8.52. The molecule has 1 aliphatic rings. The molecule has 164 valence electrons. The minimum Gasteiger partial charge on any atom is -0.496 e. The highest BCUT2D eigenvalue weighted by atomic mass is 32.1. The Morgan fingerprint density at radius 1 is 1.13 bits per heavy atom. The third kappa shape index (κ3) is 4.89. The number of ether oxygens (including phenoxy) is 4. The molecule has 0 radical (unpaired) electrons. The molecule has 6 nitrogen and oxygen atoms in total. The van der Waals surface area contributed by atoms with Gasteiger partial charge in [-0.15, -0.1) is 0 Å². The van der Waals surface area contributed by atoms with Crippen molar-refractivity contribution in [2.24, 2.45) is 11.8 Å². The average molecular weight is 433 g/mol. The standard InChI is InChI=1S/C23H32N2O4S/c1-15(2)11-18(22-20(27-4)12-16(26-3)13-21(22)28-5)17-7-6-8-19(17)29-23(30)25-10-9-24-14-25/h9-10,12-15,17-19H,6-8,11H2,1-5H3/t17-,18+,19?/m0/s1. The molecule has 7 heteroatoms. The summed E-state index contributed by atoms with van der Waals surface area (Å²) in [5.41, 5.74) is 1.09. The number of hydrogen-bond donors (Lipinski definition) is 0. The van der Waals surface area contributed by atoms with Crippen LogP contribution >= 0.6 is 12.2 Å². The lowest BCUT2D eigenvalue weighted by atomic mass is 9.77. The maximum Gasteiger partial charge on any atom is 0.269 e. The second-order valence-electron chi connectivity index (χ2n) is 8.17. The molecule has 0 bridgehead atoms. The van der Waals surface area contributed by atoms with Gasteiger partial charge in [0.05, 0.1) is 21.3 Å². The Morgan fingerprint density at radius 2 is 1.83 bits per heavy atom. The number of nitrogens with zero attached hydrogens (tertiary/aromatic N) is 2. The Labute approximate surface area is 184 Å². The monoisotopic (exact) mass is 432 g/mol. The van der Waals surface area contributed by atoms with Crippen molar-refractivity contribution < 1.29 is 18.9 Å². The van der Waals surface area contributed by atoms with Gasteiger partial charge in [-0.25, -0.2) is 4.98 Å². The Kier molecular flexibility index (Phi) is 7.58. The summed E-state index contributed by atoms with van der Waals surface area (Å²) in [6, 6.07) is 3.87. The quantitative estimate of drug-likeness (QED) is 0.544. The zero-order valence-corrected chi connectivity index (χ0v) is 19.3. The van der Waals surface area contributed by atoms with Gasteiger partial charge < -0.3 is 18.9 Å². The van der Waals surface area contributed by atoms with E-state index in [9.17, 15) is 0 Å². The number of imidazole rings is 1.